The van der Waals surface area contributed by atoms with E-state index in [0.717, 1.165) is 34.3 Å². The second-order valence-corrected chi connectivity index (χ2v) is 9.16. The molecule has 0 N–H and O–H groups in total. The third-order valence-corrected chi connectivity index (χ3v) is 7.13. The molecule has 1 aliphatic carbocycles. The summed E-state index contributed by atoms with van der Waals surface area (Å²) in [5, 5.41) is 12.4. The highest BCUT2D eigenvalue weighted by Gasteiger charge is 2.31. The predicted octanol–water partition coefficient (Wildman–Crippen LogP) is 5.85. The molecule has 164 valence electrons. The van der Waals surface area contributed by atoms with Gasteiger partial charge in [0.25, 0.3) is 0 Å². The van der Waals surface area contributed by atoms with Gasteiger partial charge in [0.05, 0.1) is 31.0 Å². The lowest BCUT2D eigenvalue weighted by atomic mass is 10.2. The van der Waals surface area contributed by atoms with Crippen molar-refractivity contribution in [2.45, 2.75) is 29.8 Å². The van der Waals surface area contributed by atoms with Crippen LogP contribution in [-0.2, 0) is 5.75 Å². The van der Waals surface area contributed by atoms with Crippen molar-refractivity contribution >= 4 is 23.1 Å². The number of para-hydroxylation sites is 1. The molecule has 2 aromatic carbocycles. The van der Waals surface area contributed by atoms with Gasteiger partial charge in [-0.3, -0.25) is 4.57 Å². The van der Waals surface area contributed by atoms with Crippen LogP contribution in [0.3, 0.4) is 0 Å². The van der Waals surface area contributed by atoms with Gasteiger partial charge in [-0.05, 0) is 37.1 Å². The molecule has 0 atom stereocenters. The van der Waals surface area contributed by atoms with Crippen LogP contribution in [0.15, 0.2) is 53.0 Å². The van der Waals surface area contributed by atoms with Gasteiger partial charge in [-0.15, -0.1) is 21.5 Å². The zero-order valence-corrected chi connectivity index (χ0v) is 19.3. The number of rotatable bonds is 8. The first-order valence-electron chi connectivity index (χ1n) is 10.2. The van der Waals surface area contributed by atoms with Gasteiger partial charge in [-0.2, -0.15) is 0 Å². The minimum absolute atomic E-state index is 0.283. The van der Waals surface area contributed by atoms with Gasteiger partial charge in [0, 0.05) is 17.2 Å². The predicted molar refractivity (Wildman–Crippen MR) is 124 cm³/mol. The van der Waals surface area contributed by atoms with Crippen molar-refractivity contribution in [3.63, 3.8) is 0 Å². The molecule has 32 heavy (non-hydrogen) atoms. The molecule has 0 aliphatic heterocycles. The normalized spacial score (nSPS) is 13.3. The fraction of sp³-hybridized carbons (Fsp3) is 0.261. The van der Waals surface area contributed by atoms with Crippen LogP contribution in [0, 0.1) is 5.82 Å². The van der Waals surface area contributed by atoms with Crippen LogP contribution in [0.1, 0.15) is 24.6 Å². The van der Waals surface area contributed by atoms with Crippen molar-refractivity contribution in [2.75, 3.05) is 14.2 Å². The first kappa shape index (κ1) is 21.0. The summed E-state index contributed by atoms with van der Waals surface area (Å²) in [6.45, 7) is 0. The van der Waals surface area contributed by atoms with E-state index >= 15 is 0 Å². The molecule has 2 heterocycles. The van der Waals surface area contributed by atoms with Crippen molar-refractivity contribution in [3.05, 3.63) is 59.4 Å². The van der Waals surface area contributed by atoms with E-state index in [-0.39, 0.29) is 5.82 Å². The number of hydrogen-bond donors (Lipinski definition) is 0. The zero-order valence-electron chi connectivity index (χ0n) is 17.6. The monoisotopic (exact) mass is 468 g/mol. The second-order valence-electron chi connectivity index (χ2n) is 7.36. The summed E-state index contributed by atoms with van der Waals surface area (Å²) in [6.07, 6.45) is 2.12. The van der Waals surface area contributed by atoms with Crippen molar-refractivity contribution < 1.29 is 13.9 Å². The fourth-order valence-electron chi connectivity index (χ4n) is 3.55. The lowest BCUT2D eigenvalue weighted by Gasteiger charge is -2.10. The molecule has 4 aromatic rings. The Labute approximate surface area is 193 Å². The maximum atomic E-state index is 14.4. The SMILES string of the molecule is COc1cccc(-c2nc(CSc3nnc(-c4ccccc4F)n3C3CC3)cs2)c1OC. The summed E-state index contributed by atoms with van der Waals surface area (Å²) in [6, 6.07) is 12.8. The molecule has 0 radical (unpaired) electrons. The summed E-state index contributed by atoms with van der Waals surface area (Å²) < 4.78 is 27.4. The Balaban J connectivity index is 1.38. The molecule has 2 aromatic heterocycles. The van der Waals surface area contributed by atoms with E-state index in [0.29, 0.717) is 34.7 Å². The molecule has 0 unspecified atom stereocenters. The standard InChI is InChI=1S/C23H21FN4O2S2/c1-29-19-9-5-7-17(20(19)30-2)22-25-14(12-31-22)13-32-23-27-26-21(28(23)15-10-11-15)16-6-3-4-8-18(16)24/h3-9,12,15H,10-11,13H2,1-2H3. The van der Waals surface area contributed by atoms with Gasteiger partial charge in [0.15, 0.2) is 22.5 Å². The van der Waals surface area contributed by atoms with Crippen LogP contribution in [-0.4, -0.2) is 34.0 Å². The summed E-state index contributed by atoms with van der Waals surface area (Å²) in [5.41, 5.74) is 2.33. The van der Waals surface area contributed by atoms with E-state index in [1.807, 2.05) is 29.6 Å². The third-order valence-electron chi connectivity index (χ3n) is 5.23. The van der Waals surface area contributed by atoms with Crippen molar-refractivity contribution in [1.82, 2.24) is 19.7 Å². The number of nitrogens with zero attached hydrogens (tertiary/aromatic N) is 4. The number of ether oxygens (including phenoxy) is 2. The first-order chi connectivity index (χ1) is 15.7. The van der Waals surface area contributed by atoms with Crippen LogP contribution in [0.2, 0.25) is 0 Å². The smallest absolute Gasteiger partial charge is 0.192 e. The van der Waals surface area contributed by atoms with Gasteiger partial charge in [0.2, 0.25) is 0 Å². The average molecular weight is 469 g/mol. The highest BCUT2D eigenvalue weighted by atomic mass is 32.2. The molecule has 0 amide bonds. The molecule has 9 heteroatoms. The van der Waals surface area contributed by atoms with Crippen molar-refractivity contribution in [1.29, 1.82) is 0 Å². The van der Waals surface area contributed by atoms with Crippen LogP contribution in [0.25, 0.3) is 22.0 Å². The van der Waals surface area contributed by atoms with Crippen molar-refractivity contribution in [3.8, 4) is 33.5 Å². The van der Waals surface area contributed by atoms with Gasteiger partial charge in [-0.1, -0.05) is 30.0 Å². The Hall–Kier alpha value is -2.91. The highest BCUT2D eigenvalue weighted by molar-refractivity contribution is 7.98. The second kappa shape index (κ2) is 8.91. The number of aromatic nitrogens is 4. The molecule has 0 saturated heterocycles. The summed E-state index contributed by atoms with van der Waals surface area (Å²) in [7, 11) is 3.25. The lowest BCUT2D eigenvalue weighted by molar-refractivity contribution is 0.356. The van der Waals surface area contributed by atoms with Crippen LogP contribution < -0.4 is 9.47 Å². The molecule has 6 nitrogen and oxygen atoms in total. The van der Waals surface area contributed by atoms with Gasteiger partial charge < -0.3 is 9.47 Å². The summed E-state index contributed by atoms with van der Waals surface area (Å²) in [4.78, 5) is 4.79. The Morgan fingerprint density at radius 3 is 2.62 bits per heavy atom. The van der Waals surface area contributed by atoms with E-state index in [1.165, 1.54) is 6.07 Å². The Morgan fingerprint density at radius 1 is 1.06 bits per heavy atom. The van der Waals surface area contributed by atoms with Crippen LogP contribution in [0.4, 0.5) is 4.39 Å². The Bertz CT molecular complexity index is 1250. The van der Waals surface area contributed by atoms with Gasteiger partial charge in [0.1, 0.15) is 10.8 Å². The van der Waals surface area contributed by atoms with Gasteiger partial charge in [-0.25, -0.2) is 9.37 Å². The topological polar surface area (TPSA) is 62.1 Å². The molecular weight excluding hydrogens is 447 g/mol. The third kappa shape index (κ3) is 3.98. The first-order valence-corrected chi connectivity index (χ1v) is 12.0. The van der Waals surface area contributed by atoms with E-state index in [2.05, 4.69) is 14.8 Å². The number of halogens is 1. The molecule has 0 spiro atoms. The van der Waals surface area contributed by atoms with E-state index in [1.54, 1.807) is 49.5 Å². The number of thiazole rings is 1. The maximum absolute atomic E-state index is 14.4. The largest absolute Gasteiger partial charge is 0.493 e. The van der Waals surface area contributed by atoms with Crippen LogP contribution >= 0.6 is 23.1 Å². The minimum atomic E-state index is -0.283. The summed E-state index contributed by atoms with van der Waals surface area (Å²) in [5.74, 6) is 2.30. The van der Waals surface area contributed by atoms with E-state index in [9.17, 15) is 4.39 Å². The zero-order chi connectivity index (χ0) is 22.1. The molecule has 0 bridgehead atoms. The molecule has 5 rings (SSSR count). The van der Waals surface area contributed by atoms with Crippen molar-refractivity contribution in [2.24, 2.45) is 0 Å². The Kier molecular flexibility index (Phi) is 5.84. The van der Waals surface area contributed by atoms with Crippen LogP contribution in [0.5, 0.6) is 11.5 Å². The van der Waals surface area contributed by atoms with Gasteiger partial charge >= 0.3 is 0 Å². The fourth-order valence-corrected chi connectivity index (χ4v) is 5.40. The Morgan fingerprint density at radius 2 is 1.88 bits per heavy atom. The number of thioether (sulfide) groups is 1. The highest BCUT2D eigenvalue weighted by Crippen LogP contribution is 2.43. The maximum Gasteiger partial charge on any atom is 0.192 e. The lowest BCUT2D eigenvalue weighted by Crippen LogP contribution is -2.01. The number of methoxy groups -OCH3 is 2. The summed E-state index contributed by atoms with van der Waals surface area (Å²) >= 11 is 3.13. The number of benzene rings is 2. The molecule has 1 fully saturated rings. The van der Waals surface area contributed by atoms with E-state index < -0.39 is 0 Å². The molecular formula is C23H21FN4O2S2. The molecule has 1 aliphatic rings. The minimum Gasteiger partial charge on any atom is -0.493 e. The quantitative estimate of drug-likeness (QED) is 0.302. The number of hydrogen-bond acceptors (Lipinski definition) is 7. The average Bonchev–Trinajstić information content (AvgIpc) is 3.39. The van der Waals surface area contributed by atoms with E-state index in [4.69, 9.17) is 14.5 Å². The molecule has 1 saturated carbocycles.